The van der Waals surface area contributed by atoms with Crippen LogP contribution in [0, 0.1) is 11.3 Å². The molecule has 0 saturated carbocycles. The molecule has 0 radical (unpaired) electrons. The van der Waals surface area contributed by atoms with E-state index in [1.807, 2.05) is 18.2 Å². The average Bonchev–Trinajstić information content (AvgIpc) is 3.65. The SMILES string of the molecule is N#Cc1cccc(N2C3=CC=C(S(c4ccccc4)(c4ccccc4)c4ccccc4)CC3c3cc(S(c4ccccc4)(c4ccccc4)c4ccccc4)ccc32)c1. The Balaban J connectivity index is 1.24. The number of anilines is 2. The van der Waals surface area contributed by atoms with E-state index in [0.717, 1.165) is 17.8 Å². The van der Waals surface area contributed by atoms with Crippen molar-refractivity contribution in [2.45, 2.75) is 46.6 Å². The lowest BCUT2D eigenvalue weighted by Gasteiger charge is -2.45. The van der Waals surface area contributed by atoms with Gasteiger partial charge in [0, 0.05) is 57.3 Å². The molecule has 0 fully saturated rings. The maximum Gasteiger partial charge on any atom is 0.0992 e. The third-order valence-corrected chi connectivity index (χ3v) is 19.6. The van der Waals surface area contributed by atoms with E-state index in [0.29, 0.717) is 5.56 Å². The monoisotopic (exact) mass is 794 g/mol. The lowest BCUT2D eigenvalue weighted by molar-refractivity contribution is 0.806. The summed E-state index contributed by atoms with van der Waals surface area (Å²) in [5.74, 6) is 0.0677. The molecule has 4 heteroatoms. The van der Waals surface area contributed by atoms with Crippen LogP contribution in [-0.2, 0) is 0 Å². The lowest BCUT2D eigenvalue weighted by Crippen LogP contribution is -2.18. The Morgan fingerprint density at radius 2 is 0.864 bits per heavy atom. The summed E-state index contributed by atoms with van der Waals surface area (Å²) in [4.78, 5) is 13.0. The van der Waals surface area contributed by atoms with Crippen LogP contribution >= 0.6 is 20.1 Å². The van der Waals surface area contributed by atoms with Crippen LogP contribution in [-0.4, -0.2) is 0 Å². The van der Waals surface area contributed by atoms with Crippen LogP contribution in [0.5, 0.6) is 0 Å². The van der Waals surface area contributed by atoms with Gasteiger partial charge in [-0.25, -0.2) is 0 Å². The van der Waals surface area contributed by atoms with Crippen molar-refractivity contribution in [3.63, 3.8) is 0 Å². The second-order valence-electron chi connectivity index (χ2n) is 14.8. The van der Waals surface area contributed by atoms with E-state index in [1.165, 1.54) is 50.4 Å². The molecule has 0 bridgehead atoms. The van der Waals surface area contributed by atoms with Crippen molar-refractivity contribution in [1.29, 1.82) is 5.26 Å². The quantitative estimate of drug-likeness (QED) is 0.146. The predicted molar refractivity (Wildman–Crippen MR) is 245 cm³/mol. The molecule has 2 aliphatic rings. The second-order valence-corrected chi connectivity index (χ2v) is 21.1. The van der Waals surface area contributed by atoms with Crippen molar-refractivity contribution in [2.75, 3.05) is 4.90 Å². The minimum Gasteiger partial charge on any atom is -0.313 e. The third kappa shape index (κ3) is 6.05. The van der Waals surface area contributed by atoms with Gasteiger partial charge in [-0.3, -0.25) is 0 Å². The number of nitrogens with zero attached hydrogens (tertiary/aromatic N) is 2. The van der Waals surface area contributed by atoms with Crippen LogP contribution in [0.15, 0.2) is 281 Å². The number of hydrogen-bond donors (Lipinski definition) is 0. The molecule has 1 unspecified atom stereocenters. The van der Waals surface area contributed by atoms with E-state index in [4.69, 9.17) is 0 Å². The smallest absolute Gasteiger partial charge is 0.0992 e. The fourth-order valence-corrected chi connectivity index (χ4v) is 17.2. The zero-order chi connectivity index (χ0) is 39.7. The highest BCUT2D eigenvalue weighted by atomic mass is 32.3. The normalized spacial score (nSPS) is 15.2. The highest BCUT2D eigenvalue weighted by Gasteiger charge is 2.44. The van der Waals surface area contributed by atoms with E-state index >= 15 is 0 Å². The zero-order valence-corrected chi connectivity index (χ0v) is 34.1. The first kappa shape index (κ1) is 36.6. The number of rotatable bonds is 9. The highest BCUT2D eigenvalue weighted by Crippen LogP contribution is 2.77. The first-order chi connectivity index (χ1) is 29.2. The number of hydrogen-bond acceptors (Lipinski definition) is 2. The van der Waals surface area contributed by atoms with Gasteiger partial charge in [-0.15, -0.1) is 20.1 Å². The van der Waals surface area contributed by atoms with Gasteiger partial charge in [-0.2, -0.15) is 5.26 Å². The molecule has 0 N–H and O–H groups in total. The molecule has 1 aliphatic heterocycles. The summed E-state index contributed by atoms with van der Waals surface area (Å²) in [6.07, 6.45) is 5.65. The van der Waals surface area contributed by atoms with E-state index in [-0.39, 0.29) is 5.92 Å². The maximum atomic E-state index is 10.0. The van der Waals surface area contributed by atoms with E-state index in [9.17, 15) is 5.26 Å². The molecule has 0 spiro atoms. The average molecular weight is 795 g/mol. The Morgan fingerprint density at radius 1 is 0.424 bits per heavy atom. The second kappa shape index (κ2) is 15.5. The fourth-order valence-electron chi connectivity index (χ4n) is 9.17. The van der Waals surface area contributed by atoms with E-state index < -0.39 is 20.1 Å². The third-order valence-electron chi connectivity index (χ3n) is 11.6. The van der Waals surface area contributed by atoms with Gasteiger partial charge >= 0.3 is 0 Å². The molecule has 59 heavy (non-hydrogen) atoms. The van der Waals surface area contributed by atoms with Crippen LogP contribution in [0.4, 0.5) is 11.4 Å². The van der Waals surface area contributed by atoms with Crippen molar-refractivity contribution >= 4 is 31.4 Å². The van der Waals surface area contributed by atoms with Crippen LogP contribution in [0.2, 0.25) is 0 Å². The Bertz CT molecular complexity index is 2660. The van der Waals surface area contributed by atoms with Crippen molar-refractivity contribution in [3.8, 4) is 6.07 Å². The summed E-state index contributed by atoms with van der Waals surface area (Å²) in [5, 5.41) is 10.0. The van der Waals surface area contributed by atoms with Gasteiger partial charge < -0.3 is 4.90 Å². The minimum atomic E-state index is -1.92. The van der Waals surface area contributed by atoms with Gasteiger partial charge in [0.1, 0.15) is 0 Å². The number of nitriles is 1. The molecule has 8 aromatic rings. The number of allylic oxidation sites excluding steroid dienone is 4. The molecule has 1 aliphatic carbocycles. The summed E-state index contributed by atoms with van der Waals surface area (Å²) in [5.41, 5.74) is 5.36. The fraction of sp³-hybridized carbons (Fsp3) is 0.0364. The Labute approximate surface area is 350 Å². The van der Waals surface area contributed by atoms with Crippen molar-refractivity contribution in [2.24, 2.45) is 0 Å². The molecule has 8 aromatic carbocycles. The minimum absolute atomic E-state index is 0.0677. The molecule has 284 valence electrons. The van der Waals surface area contributed by atoms with Gasteiger partial charge in [0.25, 0.3) is 0 Å². The number of benzene rings is 8. The molecule has 0 saturated heterocycles. The Hall–Kier alpha value is -6.77. The lowest BCUT2D eigenvalue weighted by atomic mass is 9.92. The molecular weight excluding hydrogens is 753 g/mol. The maximum absolute atomic E-state index is 10.0. The molecule has 0 aromatic heterocycles. The molecule has 1 heterocycles. The molecule has 1 atom stereocenters. The van der Waals surface area contributed by atoms with Crippen LogP contribution in [0.3, 0.4) is 0 Å². The van der Waals surface area contributed by atoms with Crippen LogP contribution in [0.1, 0.15) is 23.5 Å². The van der Waals surface area contributed by atoms with Crippen molar-refractivity contribution < 1.29 is 0 Å². The van der Waals surface area contributed by atoms with Gasteiger partial charge in [-0.1, -0.05) is 121 Å². The molecule has 10 rings (SSSR count). The predicted octanol–water partition coefficient (Wildman–Crippen LogP) is 15.3. The molecule has 0 amide bonds. The van der Waals surface area contributed by atoms with Gasteiger partial charge in [0.15, 0.2) is 0 Å². The van der Waals surface area contributed by atoms with E-state index in [2.05, 4.69) is 229 Å². The summed E-state index contributed by atoms with van der Waals surface area (Å²) in [7, 11) is -3.80. The standard InChI is InChI=1S/C55H42N2S2/c56-41-42-20-19-21-43(38-42)57-54-36-34-50(58(44-22-7-1-8-23-44,45-24-9-2-10-25-45)46-26-11-3-12-27-46)39-52(54)53-40-51(35-37-55(53)57)59(47-28-13-4-14-29-47,48-30-15-5-16-31-48)49-32-17-6-18-33-49/h1-39,53H,40H2. The summed E-state index contributed by atoms with van der Waals surface area (Å²) < 4.78 is 0. The summed E-state index contributed by atoms with van der Waals surface area (Å²) in [6.45, 7) is 0. The van der Waals surface area contributed by atoms with Gasteiger partial charge in [-0.05, 0) is 132 Å². The van der Waals surface area contributed by atoms with Gasteiger partial charge in [0.05, 0.1) is 11.6 Å². The zero-order valence-electron chi connectivity index (χ0n) is 32.5. The first-order valence-corrected chi connectivity index (χ1v) is 23.3. The van der Waals surface area contributed by atoms with Crippen LogP contribution < -0.4 is 4.90 Å². The Morgan fingerprint density at radius 3 is 1.31 bits per heavy atom. The van der Waals surface area contributed by atoms with E-state index in [1.54, 1.807) is 0 Å². The van der Waals surface area contributed by atoms with Gasteiger partial charge in [0.2, 0.25) is 0 Å². The first-order valence-electron chi connectivity index (χ1n) is 20.1. The van der Waals surface area contributed by atoms with Crippen LogP contribution in [0.25, 0.3) is 0 Å². The largest absolute Gasteiger partial charge is 0.313 e. The summed E-state index contributed by atoms with van der Waals surface area (Å²) >= 11 is 0. The topological polar surface area (TPSA) is 27.0 Å². The highest BCUT2D eigenvalue weighted by molar-refractivity contribution is 8.37. The Kier molecular flexibility index (Phi) is 9.62. The van der Waals surface area contributed by atoms with Crippen molar-refractivity contribution in [1.82, 2.24) is 0 Å². The molecule has 2 nitrogen and oxygen atoms in total. The number of fused-ring (bicyclic) bond motifs is 3. The van der Waals surface area contributed by atoms with Crippen molar-refractivity contribution in [3.05, 3.63) is 258 Å². The summed E-state index contributed by atoms with van der Waals surface area (Å²) in [6, 6.07) is 84.5. The molecular formula is C55H42N2S2.